The lowest BCUT2D eigenvalue weighted by Crippen LogP contribution is -2.10. The van der Waals surface area contributed by atoms with Crippen molar-refractivity contribution in [3.8, 4) is 11.1 Å². The van der Waals surface area contributed by atoms with Crippen LogP contribution in [-0.4, -0.2) is 0 Å². The van der Waals surface area contributed by atoms with Crippen LogP contribution in [0.2, 0.25) is 0 Å². The van der Waals surface area contributed by atoms with Crippen molar-refractivity contribution < 1.29 is 8.83 Å². The highest BCUT2D eigenvalue weighted by Crippen LogP contribution is 2.44. The highest BCUT2D eigenvalue weighted by atomic mass is 16.3. The summed E-state index contributed by atoms with van der Waals surface area (Å²) in [5.74, 6) is 0. The molecule has 0 atom stereocenters. The van der Waals surface area contributed by atoms with E-state index in [0.29, 0.717) is 0 Å². The van der Waals surface area contributed by atoms with E-state index < -0.39 is 0 Å². The summed E-state index contributed by atoms with van der Waals surface area (Å²) < 4.78 is 12.6. The summed E-state index contributed by atoms with van der Waals surface area (Å²) in [5.41, 5.74) is 9.19. The van der Waals surface area contributed by atoms with Gasteiger partial charge < -0.3 is 13.7 Å². The Morgan fingerprint density at radius 1 is 0.314 bits per heavy atom. The van der Waals surface area contributed by atoms with Gasteiger partial charge in [-0.25, -0.2) is 0 Å². The summed E-state index contributed by atoms with van der Waals surface area (Å²) >= 11 is 0. The van der Waals surface area contributed by atoms with Crippen molar-refractivity contribution in [2.24, 2.45) is 0 Å². The highest BCUT2D eigenvalue weighted by Gasteiger charge is 2.20. The molecule has 9 aromatic carbocycles. The van der Waals surface area contributed by atoms with Crippen LogP contribution in [0.1, 0.15) is 0 Å². The number of nitrogens with zero attached hydrogens (tertiary/aromatic N) is 1. The van der Waals surface area contributed by atoms with Gasteiger partial charge in [0.1, 0.15) is 22.3 Å². The Morgan fingerprint density at radius 2 is 0.961 bits per heavy atom. The van der Waals surface area contributed by atoms with Crippen LogP contribution in [0.15, 0.2) is 185 Å². The molecule has 3 nitrogen and oxygen atoms in total. The van der Waals surface area contributed by atoms with Gasteiger partial charge in [-0.15, -0.1) is 0 Å². The summed E-state index contributed by atoms with van der Waals surface area (Å²) in [4.78, 5) is 2.37. The Hall–Kier alpha value is -6.84. The van der Waals surface area contributed by atoms with E-state index in [0.717, 1.165) is 66.3 Å². The van der Waals surface area contributed by atoms with E-state index in [9.17, 15) is 0 Å². The molecule has 238 valence electrons. The topological polar surface area (TPSA) is 29.5 Å². The Labute approximate surface area is 293 Å². The smallest absolute Gasteiger partial charge is 0.137 e. The van der Waals surface area contributed by atoms with Crippen LogP contribution in [-0.2, 0) is 0 Å². The third-order valence-electron chi connectivity index (χ3n) is 10.4. The van der Waals surface area contributed by atoms with Gasteiger partial charge in [0.2, 0.25) is 0 Å². The fourth-order valence-corrected chi connectivity index (χ4v) is 7.95. The Kier molecular flexibility index (Phi) is 5.96. The van der Waals surface area contributed by atoms with Crippen molar-refractivity contribution >= 4 is 93.3 Å². The first kappa shape index (κ1) is 28.0. The van der Waals surface area contributed by atoms with Crippen molar-refractivity contribution in [3.63, 3.8) is 0 Å². The lowest BCUT2D eigenvalue weighted by atomic mass is 9.98. The zero-order valence-electron chi connectivity index (χ0n) is 27.5. The van der Waals surface area contributed by atoms with Crippen molar-refractivity contribution in [2.75, 3.05) is 4.90 Å². The molecule has 0 fully saturated rings. The van der Waals surface area contributed by atoms with E-state index in [4.69, 9.17) is 8.83 Å². The van der Waals surface area contributed by atoms with Gasteiger partial charge in [-0.1, -0.05) is 109 Å². The summed E-state index contributed by atoms with van der Waals surface area (Å²) in [7, 11) is 0. The van der Waals surface area contributed by atoms with E-state index in [-0.39, 0.29) is 0 Å². The van der Waals surface area contributed by atoms with Crippen LogP contribution in [0.5, 0.6) is 0 Å². The quantitative estimate of drug-likeness (QED) is 0.177. The van der Waals surface area contributed by atoms with E-state index in [2.05, 4.69) is 157 Å². The number of benzene rings is 9. The summed E-state index contributed by atoms with van der Waals surface area (Å²) in [5, 5.41) is 11.7. The summed E-state index contributed by atoms with van der Waals surface area (Å²) in [6.07, 6.45) is 0. The fourth-order valence-electron chi connectivity index (χ4n) is 7.95. The van der Waals surface area contributed by atoms with Gasteiger partial charge in [-0.05, 0) is 110 Å². The molecule has 0 N–H and O–H groups in total. The standard InChI is InChI=1S/C48H29NO2/c1-2-9-32-26-33(17-16-30(32)8-1)31-20-22-36(23-21-31)49(43-12-7-15-46-48(43)40-11-4-6-14-45(40)50-46)37-24-25-38-34(27-37)18-19-35-28-47-42(29-41(35)38)39-10-3-5-13-44(39)51-47/h1-29H. The molecule has 0 saturated carbocycles. The van der Waals surface area contributed by atoms with Gasteiger partial charge >= 0.3 is 0 Å². The van der Waals surface area contributed by atoms with Crippen LogP contribution in [0.4, 0.5) is 17.1 Å². The van der Waals surface area contributed by atoms with Crippen LogP contribution in [0.3, 0.4) is 0 Å². The van der Waals surface area contributed by atoms with Gasteiger partial charge in [0.25, 0.3) is 0 Å². The zero-order valence-corrected chi connectivity index (χ0v) is 27.5. The van der Waals surface area contributed by atoms with E-state index in [1.165, 1.54) is 38.1 Å². The monoisotopic (exact) mass is 651 g/mol. The number of rotatable bonds is 4. The van der Waals surface area contributed by atoms with Crippen LogP contribution < -0.4 is 4.90 Å². The maximum atomic E-state index is 6.37. The highest BCUT2D eigenvalue weighted by molar-refractivity contribution is 6.17. The third kappa shape index (κ3) is 4.38. The number of anilines is 3. The van der Waals surface area contributed by atoms with Crippen LogP contribution in [0, 0.1) is 0 Å². The number of furan rings is 2. The molecule has 2 aromatic heterocycles. The molecule has 0 aliphatic rings. The second kappa shape index (κ2) is 10.8. The molecule has 51 heavy (non-hydrogen) atoms. The molecule has 2 heterocycles. The lowest BCUT2D eigenvalue weighted by Gasteiger charge is -2.27. The number of fused-ring (bicyclic) bond motifs is 10. The molecular weight excluding hydrogens is 623 g/mol. The van der Waals surface area contributed by atoms with Gasteiger partial charge in [0, 0.05) is 27.5 Å². The maximum Gasteiger partial charge on any atom is 0.137 e. The molecule has 0 amide bonds. The van der Waals surface area contributed by atoms with Crippen LogP contribution >= 0.6 is 0 Å². The fraction of sp³-hybridized carbons (Fsp3) is 0. The molecule has 0 saturated heterocycles. The van der Waals surface area contributed by atoms with E-state index in [1.54, 1.807) is 0 Å². The minimum atomic E-state index is 0.870. The zero-order chi connectivity index (χ0) is 33.5. The third-order valence-corrected chi connectivity index (χ3v) is 10.4. The lowest BCUT2D eigenvalue weighted by molar-refractivity contribution is 0.669. The Morgan fingerprint density at radius 3 is 1.82 bits per heavy atom. The van der Waals surface area contributed by atoms with Crippen molar-refractivity contribution in [3.05, 3.63) is 176 Å². The predicted octanol–water partition coefficient (Wildman–Crippen LogP) is 14.1. The number of para-hydroxylation sites is 2. The molecule has 11 rings (SSSR count). The summed E-state index contributed by atoms with van der Waals surface area (Å²) in [6.45, 7) is 0. The summed E-state index contributed by atoms with van der Waals surface area (Å²) in [6, 6.07) is 62.8. The van der Waals surface area contributed by atoms with Crippen LogP contribution in [0.25, 0.3) is 87.3 Å². The molecule has 0 unspecified atom stereocenters. The average molecular weight is 652 g/mol. The molecule has 0 aliphatic carbocycles. The normalized spacial score (nSPS) is 11.9. The first-order valence-electron chi connectivity index (χ1n) is 17.3. The minimum absolute atomic E-state index is 0.870. The average Bonchev–Trinajstić information content (AvgIpc) is 3.75. The molecule has 0 bridgehead atoms. The molecule has 0 spiro atoms. The number of hydrogen-bond donors (Lipinski definition) is 0. The molecule has 0 radical (unpaired) electrons. The maximum absolute atomic E-state index is 6.37. The van der Waals surface area contributed by atoms with Gasteiger partial charge in [0.15, 0.2) is 0 Å². The molecule has 0 aliphatic heterocycles. The van der Waals surface area contributed by atoms with Crippen molar-refractivity contribution in [1.82, 2.24) is 0 Å². The molecule has 3 heteroatoms. The molecular formula is C48H29NO2. The predicted molar refractivity (Wildman–Crippen MR) is 214 cm³/mol. The minimum Gasteiger partial charge on any atom is -0.456 e. The Balaban J connectivity index is 1.10. The number of hydrogen-bond acceptors (Lipinski definition) is 3. The SMILES string of the molecule is c1ccc2cc(-c3ccc(N(c4ccc5c(ccc6cc7oc8ccccc8c7cc65)c4)c4cccc5oc6ccccc6c45)cc3)ccc2c1. The van der Waals surface area contributed by atoms with Gasteiger partial charge in [-0.3, -0.25) is 0 Å². The largest absolute Gasteiger partial charge is 0.456 e. The van der Waals surface area contributed by atoms with Crippen molar-refractivity contribution in [2.45, 2.75) is 0 Å². The van der Waals surface area contributed by atoms with E-state index >= 15 is 0 Å². The first-order chi connectivity index (χ1) is 25.2. The second-order valence-electron chi connectivity index (χ2n) is 13.3. The Bertz CT molecular complexity index is 3150. The second-order valence-corrected chi connectivity index (χ2v) is 13.3. The van der Waals surface area contributed by atoms with E-state index in [1.807, 2.05) is 24.3 Å². The molecule has 11 aromatic rings. The van der Waals surface area contributed by atoms with Gasteiger partial charge in [0.05, 0.1) is 11.1 Å². The first-order valence-corrected chi connectivity index (χ1v) is 17.3. The van der Waals surface area contributed by atoms with Gasteiger partial charge in [-0.2, -0.15) is 0 Å². The van der Waals surface area contributed by atoms with Crippen molar-refractivity contribution in [1.29, 1.82) is 0 Å².